The van der Waals surface area contributed by atoms with Crippen molar-refractivity contribution < 1.29 is 13.2 Å². The fourth-order valence-corrected chi connectivity index (χ4v) is 6.63. The number of benzene rings is 3. The number of hydrogen-bond donors (Lipinski definition) is 0. The van der Waals surface area contributed by atoms with Crippen LogP contribution >= 0.6 is 15.9 Å². The standard InChI is InChI=1S/C24H23BrN2O3S/c25-21-8-10-23-19(14-21)11-13-27(23)24(28)20-6-3-12-26(16-20)31(29,30)22-9-7-17-4-1-2-5-18(17)15-22/h1-2,4-5,7-10,14-15,20H,3,6,11-13,16H2/t20-/m0/s1. The second kappa shape index (κ2) is 8.04. The van der Waals surface area contributed by atoms with Crippen molar-refractivity contribution >= 4 is 48.3 Å². The van der Waals surface area contributed by atoms with Crippen LogP contribution in [0.3, 0.4) is 0 Å². The molecule has 7 heteroatoms. The van der Waals surface area contributed by atoms with Crippen molar-refractivity contribution in [1.82, 2.24) is 4.31 Å². The fraction of sp³-hybridized carbons (Fsp3) is 0.292. The summed E-state index contributed by atoms with van der Waals surface area (Å²) in [6.07, 6.45) is 2.22. The van der Waals surface area contributed by atoms with Crippen LogP contribution in [0.25, 0.3) is 10.8 Å². The molecular weight excluding hydrogens is 476 g/mol. The van der Waals surface area contributed by atoms with Crippen LogP contribution in [-0.2, 0) is 21.2 Å². The number of anilines is 1. The van der Waals surface area contributed by atoms with Gasteiger partial charge in [0.25, 0.3) is 0 Å². The first kappa shape index (κ1) is 20.7. The number of nitrogens with zero attached hydrogens (tertiary/aromatic N) is 2. The van der Waals surface area contributed by atoms with E-state index in [0.29, 0.717) is 25.9 Å². The molecule has 1 saturated heterocycles. The smallest absolute Gasteiger partial charge is 0.243 e. The lowest BCUT2D eigenvalue weighted by Gasteiger charge is -2.33. The topological polar surface area (TPSA) is 57.7 Å². The Hall–Kier alpha value is -2.22. The molecule has 2 aliphatic rings. The number of hydrogen-bond acceptors (Lipinski definition) is 3. The summed E-state index contributed by atoms with van der Waals surface area (Å²) in [5, 5.41) is 1.90. The summed E-state index contributed by atoms with van der Waals surface area (Å²) >= 11 is 3.49. The Morgan fingerprint density at radius 3 is 2.61 bits per heavy atom. The molecule has 31 heavy (non-hydrogen) atoms. The molecule has 5 nitrogen and oxygen atoms in total. The number of piperidine rings is 1. The SMILES string of the molecule is O=C([C@H]1CCCN(S(=O)(=O)c2ccc3ccccc3c2)C1)N1CCc2cc(Br)ccc21. The lowest BCUT2D eigenvalue weighted by molar-refractivity contribution is -0.123. The average molecular weight is 499 g/mol. The summed E-state index contributed by atoms with van der Waals surface area (Å²) in [7, 11) is -3.65. The third kappa shape index (κ3) is 3.79. The predicted molar refractivity (Wildman–Crippen MR) is 126 cm³/mol. The van der Waals surface area contributed by atoms with E-state index < -0.39 is 10.0 Å². The Balaban J connectivity index is 1.38. The maximum absolute atomic E-state index is 13.4. The highest BCUT2D eigenvalue weighted by Gasteiger charge is 2.37. The second-order valence-corrected chi connectivity index (χ2v) is 11.1. The van der Waals surface area contributed by atoms with E-state index in [4.69, 9.17) is 0 Å². The maximum atomic E-state index is 13.4. The minimum Gasteiger partial charge on any atom is -0.312 e. The fourth-order valence-electron chi connectivity index (χ4n) is 4.66. The number of halogens is 1. The Morgan fingerprint density at radius 1 is 0.968 bits per heavy atom. The normalized spacial score (nSPS) is 19.5. The zero-order valence-electron chi connectivity index (χ0n) is 17.0. The van der Waals surface area contributed by atoms with Crippen LogP contribution < -0.4 is 4.90 Å². The summed E-state index contributed by atoms with van der Waals surface area (Å²) in [5.74, 6) is -0.293. The lowest BCUT2D eigenvalue weighted by atomic mass is 9.98. The maximum Gasteiger partial charge on any atom is 0.243 e. The highest BCUT2D eigenvalue weighted by Crippen LogP contribution is 2.34. The van der Waals surface area contributed by atoms with Gasteiger partial charge in [-0.3, -0.25) is 4.79 Å². The minimum atomic E-state index is -3.65. The van der Waals surface area contributed by atoms with Gasteiger partial charge in [0.2, 0.25) is 15.9 Å². The summed E-state index contributed by atoms with van der Waals surface area (Å²) in [5.41, 5.74) is 2.10. The molecule has 3 aromatic carbocycles. The lowest BCUT2D eigenvalue weighted by Crippen LogP contribution is -2.46. The molecule has 0 saturated carbocycles. The highest BCUT2D eigenvalue weighted by atomic mass is 79.9. The van der Waals surface area contributed by atoms with Crippen LogP contribution in [-0.4, -0.2) is 38.3 Å². The van der Waals surface area contributed by atoms with Gasteiger partial charge in [-0.05, 0) is 65.9 Å². The van der Waals surface area contributed by atoms with E-state index in [-0.39, 0.29) is 23.3 Å². The monoisotopic (exact) mass is 498 g/mol. The van der Waals surface area contributed by atoms with Crippen LogP contribution in [0.4, 0.5) is 5.69 Å². The first-order valence-electron chi connectivity index (χ1n) is 10.5. The van der Waals surface area contributed by atoms with E-state index in [9.17, 15) is 13.2 Å². The molecule has 3 aromatic rings. The quantitative estimate of drug-likeness (QED) is 0.530. The zero-order chi connectivity index (χ0) is 21.6. The molecule has 0 N–H and O–H groups in total. The van der Waals surface area contributed by atoms with E-state index in [2.05, 4.69) is 22.0 Å². The van der Waals surface area contributed by atoms with Crippen molar-refractivity contribution in [3.05, 3.63) is 70.7 Å². The first-order chi connectivity index (χ1) is 14.9. The van der Waals surface area contributed by atoms with E-state index in [0.717, 1.165) is 32.9 Å². The van der Waals surface area contributed by atoms with Crippen molar-refractivity contribution in [2.75, 3.05) is 24.5 Å². The number of amides is 1. The predicted octanol–water partition coefficient (Wildman–Crippen LogP) is 4.59. The van der Waals surface area contributed by atoms with Crippen molar-refractivity contribution in [2.45, 2.75) is 24.2 Å². The average Bonchev–Trinajstić information content (AvgIpc) is 3.21. The van der Waals surface area contributed by atoms with Crippen LogP contribution in [0.2, 0.25) is 0 Å². The Labute approximate surface area is 190 Å². The highest BCUT2D eigenvalue weighted by molar-refractivity contribution is 9.10. The van der Waals surface area contributed by atoms with Crippen molar-refractivity contribution in [2.24, 2.45) is 5.92 Å². The summed E-state index contributed by atoms with van der Waals surface area (Å²) in [6.45, 7) is 1.33. The summed E-state index contributed by atoms with van der Waals surface area (Å²) < 4.78 is 29.2. The molecule has 1 amide bonds. The minimum absolute atomic E-state index is 0.0273. The molecule has 0 bridgehead atoms. The van der Waals surface area contributed by atoms with Gasteiger partial charge < -0.3 is 4.90 Å². The Kier molecular flexibility index (Phi) is 5.36. The Morgan fingerprint density at radius 2 is 1.77 bits per heavy atom. The van der Waals surface area contributed by atoms with Gasteiger partial charge in [-0.1, -0.05) is 46.3 Å². The van der Waals surface area contributed by atoms with Gasteiger partial charge in [0.15, 0.2) is 0 Å². The van der Waals surface area contributed by atoms with Crippen molar-refractivity contribution in [3.8, 4) is 0 Å². The van der Waals surface area contributed by atoms with Gasteiger partial charge in [-0.15, -0.1) is 0 Å². The third-order valence-corrected chi connectivity index (χ3v) is 8.65. The van der Waals surface area contributed by atoms with Crippen molar-refractivity contribution in [3.63, 3.8) is 0 Å². The molecule has 0 unspecified atom stereocenters. The van der Waals surface area contributed by atoms with E-state index >= 15 is 0 Å². The second-order valence-electron chi connectivity index (χ2n) is 8.22. The number of carbonyl (C=O) groups excluding carboxylic acids is 1. The van der Waals surface area contributed by atoms with Crippen LogP contribution in [0, 0.1) is 5.92 Å². The number of carbonyl (C=O) groups is 1. The van der Waals surface area contributed by atoms with Gasteiger partial charge in [0.05, 0.1) is 10.8 Å². The largest absolute Gasteiger partial charge is 0.312 e. The van der Waals surface area contributed by atoms with Crippen LogP contribution in [0.1, 0.15) is 18.4 Å². The molecule has 0 aliphatic carbocycles. The van der Waals surface area contributed by atoms with E-state index in [1.165, 1.54) is 4.31 Å². The molecule has 160 valence electrons. The van der Waals surface area contributed by atoms with Gasteiger partial charge in [-0.25, -0.2) is 8.42 Å². The van der Waals surface area contributed by atoms with Gasteiger partial charge in [-0.2, -0.15) is 4.31 Å². The number of fused-ring (bicyclic) bond motifs is 2. The molecule has 0 spiro atoms. The van der Waals surface area contributed by atoms with Gasteiger partial charge >= 0.3 is 0 Å². The van der Waals surface area contributed by atoms with E-state index in [1.54, 1.807) is 12.1 Å². The third-order valence-electron chi connectivity index (χ3n) is 6.30. The number of sulfonamides is 1. The number of rotatable bonds is 3. The molecule has 2 aliphatic heterocycles. The molecular formula is C24H23BrN2O3S. The molecule has 0 radical (unpaired) electrons. The molecule has 5 rings (SSSR count). The summed E-state index contributed by atoms with van der Waals surface area (Å²) in [6, 6.07) is 18.9. The van der Waals surface area contributed by atoms with Gasteiger partial charge in [0, 0.05) is 29.8 Å². The van der Waals surface area contributed by atoms with Crippen LogP contribution in [0.15, 0.2) is 70.0 Å². The molecule has 1 atom stereocenters. The zero-order valence-corrected chi connectivity index (χ0v) is 19.4. The van der Waals surface area contributed by atoms with Crippen molar-refractivity contribution in [1.29, 1.82) is 0 Å². The summed E-state index contributed by atoms with van der Waals surface area (Å²) in [4.78, 5) is 15.4. The van der Waals surface area contributed by atoms with E-state index in [1.807, 2.05) is 47.4 Å². The van der Waals surface area contributed by atoms with Crippen LogP contribution in [0.5, 0.6) is 0 Å². The molecule has 2 heterocycles. The molecule has 0 aromatic heterocycles. The Bertz CT molecular complexity index is 1270. The van der Waals surface area contributed by atoms with Gasteiger partial charge in [0.1, 0.15) is 0 Å². The first-order valence-corrected chi connectivity index (χ1v) is 12.8. The molecule has 1 fully saturated rings.